The molecule has 2 aromatic heterocycles. The molecule has 2 rings (SSSR count). The molecule has 0 radical (unpaired) electrons. The maximum Gasteiger partial charge on any atom is 0.137 e. The molecule has 0 saturated heterocycles. The van der Waals surface area contributed by atoms with Gasteiger partial charge in [-0.3, -0.25) is 4.68 Å². The van der Waals surface area contributed by atoms with Gasteiger partial charge in [-0.05, 0) is 15.9 Å². The molecule has 0 bridgehead atoms. The normalized spacial score (nSPS) is 11.7. The molecular formula is C14H20BrN5. The lowest BCUT2D eigenvalue weighted by molar-refractivity contribution is 0.542. The van der Waals surface area contributed by atoms with Crippen molar-refractivity contribution in [2.75, 3.05) is 11.9 Å². The Kier molecular flexibility index (Phi) is 4.13. The molecule has 0 fully saturated rings. The van der Waals surface area contributed by atoms with Crippen LogP contribution in [0.25, 0.3) is 0 Å². The minimum Gasteiger partial charge on any atom is -0.355 e. The van der Waals surface area contributed by atoms with Gasteiger partial charge in [-0.2, -0.15) is 5.10 Å². The summed E-state index contributed by atoms with van der Waals surface area (Å²) in [5.41, 5.74) is 1.08. The molecule has 0 amide bonds. The van der Waals surface area contributed by atoms with Crippen LogP contribution in [0.3, 0.4) is 0 Å². The van der Waals surface area contributed by atoms with Crippen molar-refractivity contribution in [3.63, 3.8) is 0 Å². The Morgan fingerprint density at radius 1 is 1.30 bits per heavy atom. The second-order valence-corrected chi connectivity index (χ2v) is 6.81. The SMILES string of the molecule is CN(Cc1cnn(C)c1)c1cc(Br)nc(C(C)(C)C)n1. The Morgan fingerprint density at radius 2 is 2.00 bits per heavy atom. The largest absolute Gasteiger partial charge is 0.355 e. The maximum atomic E-state index is 4.67. The number of nitrogens with zero attached hydrogens (tertiary/aromatic N) is 5. The molecule has 0 saturated carbocycles. The standard InChI is InChI=1S/C14H20BrN5/c1-14(2,3)13-17-11(15)6-12(18-13)19(4)8-10-7-16-20(5)9-10/h6-7,9H,8H2,1-5H3. The van der Waals surface area contributed by atoms with Gasteiger partial charge in [0.25, 0.3) is 0 Å². The van der Waals surface area contributed by atoms with Crippen LogP contribution in [0, 0.1) is 0 Å². The van der Waals surface area contributed by atoms with Gasteiger partial charge >= 0.3 is 0 Å². The smallest absolute Gasteiger partial charge is 0.137 e. The first-order valence-corrected chi connectivity index (χ1v) is 7.29. The maximum absolute atomic E-state index is 4.67. The Labute approximate surface area is 128 Å². The van der Waals surface area contributed by atoms with Crippen LogP contribution in [0.2, 0.25) is 0 Å². The van der Waals surface area contributed by atoms with Crippen LogP contribution in [0.15, 0.2) is 23.1 Å². The van der Waals surface area contributed by atoms with Crippen molar-refractivity contribution in [3.8, 4) is 0 Å². The number of aromatic nitrogens is 4. The van der Waals surface area contributed by atoms with Gasteiger partial charge in [0.1, 0.15) is 16.2 Å². The van der Waals surface area contributed by atoms with E-state index in [-0.39, 0.29) is 5.41 Å². The van der Waals surface area contributed by atoms with Crippen molar-refractivity contribution >= 4 is 21.7 Å². The highest BCUT2D eigenvalue weighted by atomic mass is 79.9. The van der Waals surface area contributed by atoms with E-state index < -0.39 is 0 Å². The van der Waals surface area contributed by atoms with E-state index in [9.17, 15) is 0 Å². The molecule has 0 N–H and O–H groups in total. The highest BCUT2D eigenvalue weighted by Gasteiger charge is 2.19. The summed E-state index contributed by atoms with van der Waals surface area (Å²) in [6, 6.07) is 1.94. The van der Waals surface area contributed by atoms with Crippen molar-refractivity contribution in [3.05, 3.63) is 34.5 Å². The summed E-state index contributed by atoms with van der Waals surface area (Å²) in [6.07, 6.45) is 3.88. The van der Waals surface area contributed by atoms with Crippen LogP contribution in [-0.2, 0) is 19.0 Å². The quantitative estimate of drug-likeness (QED) is 0.808. The average molecular weight is 338 g/mol. The zero-order valence-electron chi connectivity index (χ0n) is 12.6. The molecule has 108 valence electrons. The molecule has 0 aromatic carbocycles. The summed E-state index contributed by atoms with van der Waals surface area (Å²) < 4.78 is 2.62. The Hall–Kier alpha value is -1.43. The second kappa shape index (κ2) is 5.52. The van der Waals surface area contributed by atoms with Crippen LogP contribution in [0.1, 0.15) is 32.2 Å². The van der Waals surface area contributed by atoms with Crippen LogP contribution < -0.4 is 4.90 Å². The lowest BCUT2D eigenvalue weighted by atomic mass is 9.96. The van der Waals surface area contributed by atoms with Crippen molar-refractivity contribution < 1.29 is 0 Å². The van der Waals surface area contributed by atoms with Crippen molar-refractivity contribution in [2.45, 2.75) is 32.7 Å². The summed E-state index contributed by atoms with van der Waals surface area (Å²) >= 11 is 3.47. The van der Waals surface area contributed by atoms with Crippen molar-refractivity contribution in [2.24, 2.45) is 7.05 Å². The average Bonchev–Trinajstić information content (AvgIpc) is 2.72. The third kappa shape index (κ3) is 3.56. The fourth-order valence-corrected chi connectivity index (χ4v) is 2.22. The van der Waals surface area contributed by atoms with E-state index in [4.69, 9.17) is 0 Å². The van der Waals surface area contributed by atoms with E-state index in [1.54, 1.807) is 4.68 Å². The molecule has 0 aliphatic rings. The van der Waals surface area contributed by atoms with E-state index in [0.717, 1.165) is 28.4 Å². The van der Waals surface area contributed by atoms with E-state index in [1.165, 1.54) is 0 Å². The number of halogens is 1. The Bertz CT molecular complexity index is 600. The summed E-state index contributed by atoms with van der Waals surface area (Å²) in [4.78, 5) is 11.2. The number of hydrogen-bond acceptors (Lipinski definition) is 4. The van der Waals surface area contributed by atoms with Gasteiger partial charge in [0.05, 0.1) is 6.20 Å². The zero-order chi connectivity index (χ0) is 14.9. The molecule has 2 aromatic rings. The van der Waals surface area contributed by atoms with Crippen LogP contribution in [0.5, 0.6) is 0 Å². The highest BCUT2D eigenvalue weighted by molar-refractivity contribution is 9.10. The predicted molar refractivity (Wildman–Crippen MR) is 83.7 cm³/mol. The molecule has 0 atom stereocenters. The second-order valence-electron chi connectivity index (χ2n) is 6.00. The summed E-state index contributed by atoms with van der Waals surface area (Å²) in [6.45, 7) is 7.10. The van der Waals surface area contributed by atoms with Gasteiger partial charge in [0.2, 0.25) is 0 Å². The van der Waals surface area contributed by atoms with E-state index in [1.807, 2.05) is 32.6 Å². The first kappa shape index (κ1) is 15.0. The van der Waals surface area contributed by atoms with E-state index in [2.05, 4.69) is 56.7 Å². The van der Waals surface area contributed by atoms with Gasteiger partial charge in [-0.15, -0.1) is 0 Å². The monoisotopic (exact) mass is 337 g/mol. The third-order valence-electron chi connectivity index (χ3n) is 2.92. The van der Waals surface area contributed by atoms with E-state index in [0.29, 0.717) is 0 Å². The first-order chi connectivity index (χ1) is 9.25. The first-order valence-electron chi connectivity index (χ1n) is 6.49. The van der Waals surface area contributed by atoms with Gasteiger partial charge in [0, 0.05) is 43.9 Å². The van der Waals surface area contributed by atoms with Crippen LogP contribution >= 0.6 is 15.9 Å². The predicted octanol–water partition coefficient (Wildman–Crippen LogP) is 2.91. The summed E-state index contributed by atoms with van der Waals surface area (Å²) in [7, 11) is 3.94. The van der Waals surface area contributed by atoms with Crippen molar-refractivity contribution in [1.29, 1.82) is 0 Å². The summed E-state index contributed by atoms with van der Waals surface area (Å²) in [5, 5.41) is 4.19. The molecule has 20 heavy (non-hydrogen) atoms. The minimum absolute atomic E-state index is 0.0757. The minimum atomic E-state index is -0.0757. The lowest BCUT2D eigenvalue weighted by Gasteiger charge is -2.22. The fraction of sp³-hybridized carbons (Fsp3) is 0.500. The topological polar surface area (TPSA) is 46.8 Å². The molecule has 0 unspecified atom stereocenters. The summed E-state index contributed by atoms with van der Waals surface area (Å²) in [5.74, 6) is 1.74. The number of rotatable bonds is 3. The van der Waals surface area contributed by atoms with Crippen LogP contribution in [0.4, 0.5) is 5.82 Å². The van der Waals surface area contributed by atoms with Gasteiger partial charge in [-0.25, -0.2) is 9.97 Å². The molecule has 2 heterocycles. The van der Waals surface area contributed by atoms with Gasteiger partial charge < -0.3 is 4.90 Å². The Morgan fingerprint density at radius 3 is 2.55 bits per heavy atom. The fourth-order valence-electron chi connectivity index (χ4n) is 1.85. The lowest BCUT2D eigenvalue weighted by Crippen LogP contribution is -2.22. The van der Waals surface area contributed by atoms with Gasteiger partial charge in [0.15, 0.2) is 0 Å². The van der Waals surface area contributed by atoms with Crippen molar-refractivity contribution in [1.82, 2.24) is 19.7 Å². The molecule has 6 heteroatoms. The number of anilines is 1. The highest BCUT2D eigenvalue weighted by Crippen LogP contribution is 2.24. The molecule has 0 aliphatic carbocycles. The Balaban J connectivity index is 2.25. The van der Waals surface area contributed by atoms with Crippen LogP contribution in [-0.4, -0.2) is 26.8 Å². The zero-order valence-corrected chi connectivity index (χ0v) is 14.1. The molecule has 0 spiro atoms. The molecular weight excluding hydrogens is 318 g/mol. The molecule has 0 aliphatic heterocycles. The third-order valence-corrected chi connectivity index (χ3v) is 3.33. The molecule has 5 nitrogen and oxygen atoms in total. The number of hydrogen-bond donors (Lipinski definition) is 0. The van der Waals surface area contributed by atoms with E-state index >= 15 is 0 Å². The number of aryl methyl sites for hydroxylation is 1. The van der Waals surface area contributed by atoms with Gasteiger partial charge in [-0.1, -0.05) is 20.8 Å².